The lowest BCUT2D eigenvalue weighted by Gasteiger charge is -2.14. The second-order valence-electron chi connectivity index (χ2n) is 3.53. The van der Waals surface area contributed by atoms with Gasteiger partial charge < -0.3 is 20.1 Å². The molecule has 0 saturated heterocycles. The van der Waals surface area contributed by atoms with Crippen LogP contribution in [0, 0.1) is 0 Å². The van der Waals surface area contributed by atoms with Crippen molar-refractivity contribution < 1.29 is 18.3 Å². The average Bonchev–Trinajstić information content (AvgIpc) is 2.40. The predicted molar refractivity (Wildman–Crippen MR) is 84.3 cm³/mol. The zero-order valence-electron chi connectivity index (χ0n) is 11.4. The number of hydrogen-bond donors (Lipinski definition) is 2. The summed E-state index contributed by atoms with van der Waals surface area (Å²) in [6, 6.07) is 4.76. The topological polar surface area (TPSA) is 54.9 Å². The van der Waals surface area contributed by atoms with Gasteiger partial charge in [0.1, 0.15) is 11.5 Å². The molecule has 0 bridgehead atoms. The predicted octanol–water partition coefficient (Wildman–Crippen LogP) is 2.21. The summed E-state index contributed by atoms with van der Waals surface area (Å²) in [6.07, 6.45) is 0. The van der Waals surface area contributed by atoms with Crippen molar-refractivity contribution >= 4 is 29.9 Å². The average molecular weight is 401 g/mol. The van der Waals surface area contributed by atoms with Crippen molar-refractivity contribution in [3.05, 3.63) is 23.8 Å². The maximum atomic E-state index is 12.3. The van der Waals surface area contributed by atoms with E-state index in [1.165, 1.54) is 13.2 Å². The highest BCUT2D eigenvalue weighted by molar-refractivity contribution is 14.0. The minimum Gasteiger partial charge on any atom is -0.497 e. The molecule has 114 valence electrons. The number of nitrogens with one attached hydrogen (secondary N) is 2. The third-order valence-corrected chi connectivity index (χ3v) is 2.40. The Morgan fingerprint density at radius 1 is 1.40 bits per heavy atom. The molecule has 0 aromatic heterocycles. The number of aliphatic imine (C=N–C) groups is 1. The molecular formula is C12H18F2IN3O2. The fourth-order valence-electron chi connectivity index (χ4n) is 1.47. The van der Waals surface area contributed by atoms with Crippen LogP contribution in [0.2, 0.25) is 0 Å². The molecule has 0 atom stereocenters. The SMILES string of the molecule is CN=C(NC)NCc1ccc(OC)cc1OC(F)F.I. The molecule has 0 aliphatic carbocycles. The monoisotopic (exact) mass is 401 g/mol. The molecule has 0 amide bonds. The summed E-state index contributed by atoms with van der Waals surface area (Å²) in [5.41, 5.74) is 0.581. The van der Waals surface area contributed by atoms with E-state index in [-0.39, 0.29) is 29.7 Å². The van der Waals surface area contributed by atoms with Gasteiger partial charge in [0, 0.05) is 32.3 Å². The fourth-order valence-corrected chi connectivity index (χ4v) is 1.47. The van der Waals surface area contributed by atoms with Crippen LogP contribution in [0.3, 0.4) is 0 Å². The van der Waals surface area contributed by atoms with Crippen LogP contribution in [0.25, 0.3) is 0 Å². The molecule has 0 fully saturated rings. The van der Waals surface area contributed by atoms with E-state index in [2.05, 4.69) is 20.4 Å². The minimum atomic E-state index is -2.88. The third-order valence-electron chi connectivity index (χ3n) is 2.40. The van der Waals surface area contributed by atoms with Crippen molar-refractivity contribution in [3.63, 3.8) is 0 Å². The zero-order valence-corrected chi connectivity index (χ0v) is 13.8. The summed E-state index contributed by atoms with van der Waals surface area (Å²) in [6.45, 7) is -2.58. The Morgan fingerprint density at radius 3 is 2.60 bits per heavy atom. The number of halogens is 3. The molecule has 1 aromatic rings. The number of nitrogens with zero attached hydrogens (tertiary/aromatic N) is 1. The fraction of sp³-hybridized carbons (Fsp3) is 0.417. The summed E-state index contributed by atoms with van der Waals surface area (Å²) in [4.78, 5) is 3.93. The molecule has 5 nitrogen and oxygen atoms in total. The van der Waals surface area contributed by atoms with Gasteiger partial charge in [0.05, 0.1) is 7.11 Å². The number of rotatable bonds is 5. The van der Waals surface area contributed by atoms with Crippen molar-refractivity contribution in [2.24, 2.45) is 4.99 Å². The van der Waals surface area contributed by atoms with E-state index in [1.54, 1.807) is 26.2 Å². The van der Waals surface area contributed by atoms with E-state index >= 15 is 0 Å². The number of ether oxygens (including phenoxy) is 2. The van der Waals surface area contributed by atoms with Gasteiger partial charge in [-0.05, 0) is 12.1 Å². The van der Waals surface area contributed by atoms with Gasteiger partial charge in [-0.3, -0.25) is 4.99 Å². The molecule has 0 radical (unpaired) electrons. The first-order valence-electron chi connectivity index (χ1n) is 5.60. The first kappa shape index (κ1) is 18.7. The second-order valence-corrected chi connectivity index (χ2v) is 3.53. The van der Waals surface area contributed by atoms with Gasteiger partial charge in [-0.25, -0.2) is 0 Å². The van der Waals surface area contributed by atoms with Gasteiger partial charge >= 0.3 is 6.61 Å². The molecular weight excluding hydrogens is 383 g/mol. The molecule has 0 saturated carbocycles. The largest absolute Gasteiger partial charge is 0.497 e. The molecule has 0 aliphatic rings. The summed E-state index contributed by atoms with van der Waals surface area (Å²) in [5.74, 6) is 1.09. The van der Waals surface area contributed by atoms with Crippen molar-refractivity contribution in [1.29, 1.82) is 0 Å². The van der Waals surface area contributed by atoms with Crippen LogP contribution in [-0.2, 0) is 6.54 Å². The molecule has 0 unspecified atom stereocenters. The van der Waals surface area contributed by atoms with E-state index < -0.39 is 6.61 Å². The molecule has 2 N–H and O–H groups in total. The van der Waals surface area contributed by atoms with Gasteiger partial charge in [0.2, 0.25) is 0 Å². The Hall–Kier alpha value is -1.32. The number of methoxy groups -OCH3 is 1. The number of benzene rings is 1. The molecule has 20 heavy (non-hydrogen) atoms. The zero-order chi connectivity index (χ0) is 14.3. The summed E-state index contributed by atoms with van der Waals surface area (Å²) in [5, 5.41) is 5.79. The van der Waals surface area contributed by atoms with Gasteiger partial charge in [0.15, 0.2) is 5.96 Å². The number of hydrogen-bond acceptors (Lipinski definition) is 3. The van der Waals surface area contributed by atoms with Crippen LogP contribution < -0.4 is 20.1 Å². The smallest absolute Gasteiger partial charge is 0.387 e. The highest BCUT2D eigenvalue weighted by atomic mass is 127. The molecule has 0 spiro atoms. The van der Waals surface area contributed by atoms with E-state index in [0.717, 1.165) is 0 Å². The van der Waals surface area contributed by atoms with Crippen LogP contribution in [0.4, 0.5) is 8.78 Å². The van der Waals surface area contributed by atoms with Crippen molar-refractivity contribution in [3.8, 4) is 11.5 Å². The van der Waals surface area contributed by atoms with Crippen molar-refractivity contribution in [2.45, 2.75) is 13.2 Å². The lowest BCUT2D eigenvalue weighted by molar-refractivity contribution is -0.0505. The normalized spacial score (nSPS) is 10.8. The first-order chi connectivity index (χ1) is 9.10. The van der Waals surface area contributed by atoms with E-state index in [1.807, 2.05) is 0 Å². The van der Waals surface area contributed by atoms with Crippen molar-refractivity contribution in [2.75, 3.05) is 21.2 Å². The van der Waals surface area contributed by atoms with Gasteiger partial charge in [0.25, 0.3) is 0 Å². The Kier molecular flexibility index (Phi) is 8.93. The molecule has 1 aromatic carbocycles. The van der Waals surface area contributed by atoms with E-state index in [4.69, 9.17) is 4.74 Å². The molecule has 8 heteroatoms. The molecule has 0 heterocycles. The first-order valence-corrected chi connectivity index (χ1v) is 5.60. The van der Waals surface area contributed by atoms with Crippen LogP contribution >= 0.6 is 24.0 Å². The summed E-state index contributed by atoms with van der Waals surface area (Å²) in [7, 11) is 4.78. The quantitative estimate of drug-likeness (QED) is 0.452. The van der Waals surface area contributed by atoms with Gasteiger partial charge in [-0.15, -0.1) is 24.0 Å². The lowest BCUT2D eigenvalue weighted by atomic mass is 10.2. The lowest BCUT2D eigenvalue weighted by Crippen LogP contribution is -2.34. The third kappa shape index (κ3) is 5.76. The van der Waals surface area contributed by atoms with E-state index in [0.29, 0.717) is 23.8 Å². The van der Waals surface area contributed by atoms with E-state index in [9.17, 15) is 8.78 Å². The summed E-state index contributed by atoms with van der Waals surface area (Å²) >= 11 is 0. The minimum absolute atomic E-state index is 0. The maximum absolute atomic E-state index is 12.3. The van der Waals surface area contributed by atoms with Crippen LogP contribution in [-0.4, -0.2) is 33.8 Å². The Labute approximate surface area is 133 Å². The number of guanidine groups is 1. The number of alkyl halides is 2. The standard InChI is InChI=1S/C12H17F2N3O2.HI/c1-15-12(16-2)17-7-8-4-5-9(18-3)6-10(8)19-11(13)14;/h4-6,11H,7H2,1-3H3,(H2,15,16,17);1H. The highest BCUT2D eigenvalue weighted by Gasteiger charge is 2.11. The highest BCUT2D eigenvalue weighted by Crippen LogP contribution is 2.26. The molecule has 0 aliphatic heterocycles. The van der Waals surface area contributed by atoms with Crippen LogP contribution in [0.5, 0.6) is 11.5 Å². The van der Waals surface area contributed by atoms with Crippen molar-refractivity contribution in [1.82, 2.24) is 10.6 Å². The summed E-state index contributed by atoms with van der Waals surface area (Å²) < 4.78 is 34.1. The van der Waals surface area contributed by atoms with Gasteiger partial charge in [-0.1, -0.05) is 0 Å². The maximum Gasteiger partial charge on any atom is 0.387 e. The van der Waals surface area contributed by atoms with Crippen LogP contribution in [0.1, 0.15) is 5.56 Å². The van der Waals surface area contributed by atoms with Crippen LogP contribution in [0.15, 0.2) is 23.2 Å². The second kappa shape index (κ2) is 9.56. The Bertz CT molecular complexity index is 445. The molecule has 1 rings (SSSR count). The Balaban J connectivity index is 0.00000361. The Morgan fingerprint density at radius 2 is 2.10 bits per heavy atom. The van der Waals surface area contributed by atoms with Gasteiger partial charge in [-0.2, -0.15) is 8.78 Å².